The van der Waals surface area contributed by atoms with Crippen LogP contribution >= 0.6 is 11.3 Å². The number of carbonyl (C=O) groups is 3. The molecule has 1 aliphatic carbocycles. The minimum Gasteiger partial charge on any atom is -0.496 e. The number of rotatable bonds is 6. The molecule has 2 aromatic rings. The number of thiophene rings is 1. The maximum Gasteiger partial charge on any atom is 0.338 e. The molecule has 1 aromatic heterocycles. The van der Waals surface area contributed by atoms with Gasteiger partial charge in [-0.1, -0.05) is 6.07 Å². The normalized spacial score (nSPS) is 12.4. The van der Waals surface area contributed by atoms with E-state index in [1.807, 2.05) is 6.92 Å². The number of hydrogen-bond donors (Lipinski definition) is 2. The van der Waals surface area contributed by atoms with Gasteiger partial charge in [-0.2, -0.15) is 0 Å². The molecule has 3 N–H and O–H groups in total. The van der Waals surface area contributed by atoms with Crippen LogP contribution in [0.2, 0.25) is 0 Å². The lowest BCUT2D eigenvalue weighted by atomic mass is 10.1. The maximum absolute atomic E-state index is 12.2. The van der Waals surface area contributed by atoms with Crippen LogP contribution in [0.5, 0.6) is 5.75 Å². The Bertz CT molecular complexity index is 919. The Kier molecular flexibility index (Phi) is 5.46. The summed E-state index contributed by atoms with van der Waals surface area (Å²) < 4.78 is 10.2. The number of aryl methyl sites for hydroxylation is 2. The number of benzene rings is 1. The number of esters is 1. The Morgan fingerprint density at radius 2 is 2.04 bits per heavy atom. The van der Waals surface area contributed by atoms with Crippen LogP contribution in [0, 0.1) is 6.92 Å². The van der Waals surface area contributed by atoms with Crippen LogP contribution in [0.15, 0.2) is 18.2 Å². The van der Waals surface area contributed by atoms with Crippen LogP contribution in [-0.2, 0) is 22.4 Å². The van der Waals surface area contributed by atoms with E-state index in [4.69, 9.17) is 15.2 Å². The van der Waals surface area contributed by atoms with Gasteiger partial charge in [-0.05, 0) is 49.4 Å². The second-order valence-corrected chi connectivity index (χ2v) is 7.34. The molecule has 1 heterocycles. The number of anilines is 1. The zero-order chi connectivity index (χ0) is 19.6. The zero-order valence-corrected chi connectivity index (χ0v) is 15.9. The van der Waals surface area contributed by atoms with Gasteiger partial charge in [-0.15, -0.1) is 11.3 Å². The number of methoxy groups -OCH3 is 1. The van der Waals surface area contributed by atoms with Crippen molar-refractivity contribution in [1.29, 1.82) is 0 Å². The van der Waals surface area contributed by atoms with Crippen LogP contribution < -0.4 is 15.8 Å². The summed E-state index contributed by atoms with van der Waals surface area (Å²) in [6.07, 6.45) is 2.64. The van der Waals surface area contributed by atoms with Gasteiger partial charge in [0, 0.05) is 4.88 Å². The summed E-state index contributed by atoms with van der Waals surface area (Å²) in [6, 6.07) is 4.90. The first-order chi connectivity index (χ1) is 12.9. The summed E-state index contributed by atoms with van der Waals surface area (Å²) >= 11 is 1.35. The highest BCUT2D eigenvalue weighted by atomic mass is 32.1. The third-order valence-electron chi connectivity index (χ3n) is 4.40. The summed E-state index contributed by atoms with van der Waals surface area (Å²) in [5.41, 5.74) is 7.93. The number of hydrogen-bond acceptors (Lipinski definition) is 6. The van der Waals surface area contributed by atoms with E-state index in [2.05, 4.69) is 5.32 Å². The molecule has 27 heavy (non-hydrogen) atoms. The van der Waals surface area contributed by atoms with Gasteiger partial charge in [0.15, 0.2) is 6.61 Å². The summed E-state index contributed by atoms with van der Waals surface area (Å²) in [5, 5.41) is 3.06. The average Bonchev–Trinajstić information content (AvgIpc) is 3.20. The lowest BCUT2D eigenvalue weighted by Crippen LogP contribution is -2.22. The van der Waals surface area contributed by atoms with E-state index in [0.29, 0.717) is 16.3 Å². The van der Waals surface area contributed by atoms with Crippen LogP contribution in [-0.4, -0.2) is 31.5 Å². The van der Waals surface area contributed by atoms with Crippen molar-refractivity contribution < 1.29 is 23.9 Å². The molecule has 1 aliphatic rings. The molecule has 2 amide bonds. The number of ether oxygens (including phenoxy) is 2. The van der Waals surface area contributed by atoms with Gasteiger partial charge >= 0.3 is 5.97 Å². The minimum absolute atomic E-state index is 0.290. The van der Waals surface area contributed by atoms with Crippen LogP contribution in [0.4, 0.5) is 5.00 Å². The predicted octanol–water partition coefficient (Wildman–Crippen LogP) is 2.45. The van der Waals surface area contributed by atoms with E-state index in [9.17, 15) is 14.4 Å². The fourth-order valence-corrected chi connectivity index (χ4v) is 4.39. The molecule has 0 saturated heterocycles. The Morgan fingerprint density at radius 1 is 1.26 bits per heavy atom. The summed E-state index contributed by atoms with van der Waals surface area (Å²) in [6.45, 7) is 1.39. The molecule has 7 nitrogen and oxygen atoms in total. The van der Waals surface area contributed by atoms with E-state index in [0.717, 1.165) is 35.3 Å². The van der Waals surface area contributed by atoms with Crippen molar-refractivity contribution in [2.24, 2.45) is 5.73 Å². The molecule has 0 spiro atoms. The molecule has 0 fully saturated rings. The Hall–Kier alpha value is -2.87. The average molecular weight is 388 g/mol. The third-order valence-corrected chi connectivity index (χ3v) is 5.61. The van der Waals surface area contributed by atoms with Gasteiger partial charge in [0.1, 0.15) is 10.8 Å². The zero-order valence-electron chi connectivity index (χ0n) is 15.1. The van der Waals surface area contributed by atoms with E-state index in [-0.39, 0.29) is 5.56 Å². The standard InChI is InChI=1S/C19H20N2O5S/c1-10-6-7-11(8-13(10)25-2)19(24)26-9-15(22)21-18-16(17(20)23)12-4-3-5-14(12)27-18/h6-8H,3-5,9H2,1-2H3,(H2,20,23)(H,21,22). The first-order valence-corrected chi connectivity index (χ1v) is 9.28. The van der Waals surface area contributed by atoms with Crippen LogP contribution in [0.3, 0.4) is 0 Å². The van der Waals surface area contributed by atoms with Crippen molar-refractivity contribution >= 4 is 34.1 Å². The fourth-order valence-electron chi connectivity index (χ4n) is 3.08. The summed E-state index contributed by atoms with van der Waals surface area (Å²) in [5.74, 6) is -1.15. The highest BCUT2D eigenvalue weighted by Gasteiger charge is 2.26. The fraction of sp³-hybridized carbons (Fsp3) is 0.316. The molecular weight excluding hydrogens is 368 g/mol. The molecule has 0 radical (unpaired) electrons. The van der Waals surface area contributed by atoms with Crippen molar-refractivity contribution in [3.63, 3.8) is 0 Å². The quantitative estimate of drug-likeness (QED) is 0.739. The van der Waals surface area contributed by atoms with Gasteiger partial charge in [0.05, 0.1) is 18.2 Å². The van der Waals surface area contributed by atoms with Crippen molar-refractivity contribution in [3.05, 3.63) is 45.3 Å². The maximum atomic E-state index is 12.2. The molecule has 3 rings (SSSR count). The SMILES string of the molecule is COc1cc(C(=O)OCC(=O)Nc2sc3c(c2C(N)=O)CCC3)ccc1C. The second-order valence-electron chi connectivity index (χ2n) is 6.23. The molecule has 0 bridgehead atoms. The number of carbonyl (C=O) groups excluding carboxylic acids is 3. The van der Waals surface area contributed by atoms with Crippen molar-refractivity contribution in [3.8, 4) is 5.75 Å². The van der Waals surface area contributed by atoms with Gasteiger partial charge < -0.3 is 20.5 Å². The van der Waals surface area contributed by atoms with E-state index in [1.54, 1.807) is 18.2 Å². The summed E-state index contributed by atoms with van der Waals surface area (Å²) in [7, 11) is 1.51. The van der Waals surface area contributed by atoms with Gasteiger partial charge in [-0.3, -0.25) is 9.59 Å². The highest BCUT2D eigenvalue weighted by molar-refractivity contribution is 7.17. The Labute approximate surface area is 160 Å². The molecule has 142 valence electrons. The monoisotopic (exact) mass is 388 g/mol. The molecule has 8 heteroatoms. The van der Waals surface area contributed by atoms with E-state index < -0.39 is 24.4 Å². The Balaban J connectivity index is 1.64. The van der Waals surface area contributed by atoms with Crippen LogP contribution in [0.25, 0.3) is 0 Å². The number of primary amides is 1. The molecule has 0 aliphatic heterocycles. The first-order valence-electron chi connectivity index (χ1n) is 8.46. The predicted molar refractivity (Wildman–Crippen MR) is 102 cm³/mol. The first kappa shape index (κ1) is 18.9. The largest absolute Gasteiger partial charge is 0.496 e. The number of nitrogens with one attached hydrogen (secondary N) is 1. The van der Waals surface area contributed by atoms with E-state index in [1.165, 1.54) is 18.4 Å². The van der Waals surface area contributed by atoms with Gasteiger partial charge in [0.2, 0.25) is 0 Å². The van der Waals surface area contributed by atoms with Crippen molar-refractivity contribution in [2.75, 3.05) is 19.0 Å². The topological polar surface area (TPSA) is 108 Å². The summed E-state index contributed by atoms with van der Waals surface area (Å²) in [4.78, 5) is 37.1. The van der Waals surface area contributed by atoms with Crippen molar-refractivity contribution in [1.82, 2.24) is 0 Å². The second kappa shape index (κ2) is 7.79. The highest BCUT2D eigenvalue weighted by Crippen LogP contribution is 2.38. The molecular formula is C19H20N2O5S. The molecule has 0 atom stereocenters. The minimum atomic E-state index is -0.632. The smallest absolute Gasteiger partial charge is 0.338 e. The van der Waals surface area contributed by atoms with E-state index >= 15 is 0 Å². The lowest BCUT2D eigenvalue weighted by Gasteiger charge is -2.09. The lowest BCUT2D eigenvalue weighted by molar-refractivity contribution is -0.119. The van der Waals surface area contributed by atoms with Crippen LogP contribution in [0.1, 0.15) is 43.1 Å². The molecule has 0 unspecified atom stereocenters. The number of fused-ring (bicyclic) bond motifs is 1. The number of nitrogens with two attached hydrogens (primary N) is 1. The molecule has 1 aromatic carbocycles. The third kappa shape index (κ3) is 3.95. The number of amides is 2. The van der Waals surface area contributed by atoms with Crippen molar-refractivity contribution in [2.45, 2.75) is 26.2 Å². The van der Waals surface area contributed by atoms with Gasteiger partial charge in [-0.25, -0.2) is 4.79 Å². The van der Waals surface area contributed by atoms with Gasteiger partial charge in [0.25, 0.3) is 11.8 Å². The molecule has 0 saturated carbocycles. The Morgan fingerprint density at radius 3 is 2.74 bits per heavy atom.